The number of morpholine rings is 1. The van der Waals surface area contributed by atoms with Crippen molar-refractivity contribution in [3.8, 4) is 0 Å². The van der Waals surface area contributed by atoms with E-state index in [1.807, 2.05) is 13.0 Å². The lowest BCUT2D eigenvalue weighted by molar-refractivity contribution is 0.122. The highest BCUT2D eigenvalue weighted by atomic mass is 31.0. The van der Waals surface area contributed by atoms with Crippen LogP contribution in [0, 0.1) is 6.92 Å². The molecule has 1 saturated heterocycles. The lowest BCUT2D eigenvalue weighted by atomic mass is 10.3. The monoisotopic (exact) mass is 238 g/mol. The van der Waals surface area contributed by atoms with Crippen LogP contribution in [0.3, 0.4) is 0 Å². The van der Waals surface area contributed by atoms with E-state index in [0.717, 1.165) is 43.6 Å². The molecular weight excluding hydrogens is 223 g/mol. The summed E-state index contributed by atoms with van der Waals surface area (Å²) in [5.74, 6) is 1.72. The summed E-state index contributed by atoms with van der Waals surface area (Å²) in [6.07, 6.45) is 0. The predicted octanol–water partition coefficient (Wildman–Crippen LogP) is 1.45. The molecule has 1 fully saturated rings. The van der Waals surface area contributed by atoms with Gasteiger partial charge in [-0.15, -0.1) is 0 Å². The lowest BCUT2D eigenvalue weighted by Gasteiger charge is -2.28. The van der Waals surface area contributed by atoms with Gasteiger partial charge in [-0.2, -0.15) is 0 Å². The van der Waals surface area contributed by atoms with Crippen molar-refractivity contribution >= 4 is 14.8 Å². The number of hydrogen-bond acceptors (Lipinski definition) is 5. The molecule has 0 atom stereocenters. The first-order chi connectivity index (χ1) is 7.79. The van der Waals surface area contributed by atoms with Crippen LogP contribution in [-0.2, 0) is 11.3 Å². The summed E-state index contributed by atoms with van der Waals surface area (Å²) < 4.78 is 9.19. The topological polar surface area (TPSA) is 50.6 Å². The first-order valence-electron chi connectivity index (χ1n) is 5.30. The van der Waals surface area contributed by atoms with E-state index in [1.165, 1.54) is 0 Å². The maximum Gasteiger partial charge on any atom is 0.152 e. The average Bonchev–Trinajstić information content (AvgIpc) is 2.30. The molecule has 0 N–H and O–H groups in total. The third kappa shape index (κ3) is 2.74. The highest BCUT2D eigenvalue weighted by Gasteiger charge is 2.13. The Bertz CT molecular complexity index is 379. The van der Waals surface area contributed by atoms with E-state index in [-0.39, 0.29) is 0 Å². The number of aromatic nitrogens is 2. The first-order valence-corrected chi connectivity index (χ1v) is 5.75. The van der Waals surface area contributed by atoms with E-state index in [2.05, 4.69) is 28.6 Å². The summed E-state index contributed by atoms with van der Waals surface area (Å²) in [7, 11) is 3.09. The van der Waals surface area contributed by atoms with Gasteiger partial charge in [-0.3, -0.25) is 4.74 Å². The molecule has 0 bridgehead atoms. The second-order valence-corrected chi connectivity index (χ2v) is 4.02. The predicted molar refractivity (Wildman–Crippen MR) is 64.2 cm³/mol. The Morgan fingerprint density at radius 1 is 1.44 bits per heavy atom. The summed E-state index contributed by atoms with van der Waals surface area (Å²) in [6, 6.07) is 2.00. The molecule has 2 rings (SSSR count). The Kier molecular flexibility index (Phi) is 3.80. The molecule has 0 aromatic carbocycles. The molecule has 0 amide bonds. The van der Waals surface area contributed by atoms with Gasteiger partial charge in [-0.05, 0) is 16.0 Å². The Morgan fingerprint density at radius 3 is 2.88 bits per heavy atom. The van der Waals surface area contributed by atoms with Crippen molar-refractivity contribution in [2.75, 3.05) is 31.2 Å². The lowest BCUT2D eigenvalue weighted by Crippen LogP contribution is -2.37. The molecule has 0 radical (unpaired) electrons. The molecule has 1 aliphatic heterocycles. The molecular formula is C10H15N4OP. The van der Waals surface area contributed by atoms with Crippen molar-refractivity contribution in [2.24, 2.45) is 4.74 Å². The minimum atomic E-state index is 0.496. The van der Waals surface area contributed by atoms with Crippen LogP contribution >= 0.6 is 9.03 Å². The van der Waals surface area contributed by atoms with Crippen LogP contribution in [0.1, 0.15) is 11.5 Å². The fourth-order valence-corrected chi connectivity index (χ4v) is 1.85. The fraction of sp³-hybridized carbons (Fsp3) is 0.600. The zero-order chi connectivity index (χ0) is 11.4. The standard InChI is InChI=1S/C10H15N4OP/c1-8-6-10(13-9(12-8)7-11-16)14-2-4-15-5-3-14/h6,16H,2-5,7H2,1H3. The fourth-order valence-electron chi connectivity index (χ4n) is 1.71. The molecule has 86 valence electrons. The molecule has 0 saturated carbocycles. The van der Waals surface area contributed by atoms with Gasteiger partial charge < -0.3 is 9.64 Å². The molecule has 16 heavy (non-hydrogen) atoms. The summed E-state index contributed by atoms with van der Waals surface area (Å²) in [6.45, 7) is 5.78. The van der Waals surface area contributed by atoms with Crippen molar-refractivity contribution in [1.82, 2.24) is 9.97 Å². The number of anilines is 1. The number of aryl methyl sites for hydroxylation is 1. The van der Waals surface area contributed by atoms with Crippen LogP contribution in [0.15, 0.2) is 10.8 Å². The van der Waals surface area contributed by atoms with Gasteiger partial charge in [0.15, 0.2) is 5.82 Å². The first kappa shape index (κ1) is 11.4. The van der Waals surface area contributed by atoms with Crippen LogP contribution < -0.4 is 4.90 Å². The van der Waals surface area contributed by atoms with Crippen molar-refractivity contribution < 1.29 is 4.74 Å². The number of ether oxygens (including phenoxy) is 1. The maximum absolute atomic E-state index is 5.32. The highest BCUT2D eigenvalue weighted by Crippen LogP contribution is 2.14. The van der Waals surface area contributed by atoms with E-state index >= 15 is 0 Å². The largest absolute Gasteiger partial charge is 0.378 e. The SMILES string of the molecule is Cc1cc(N2CCOCC2)nc(CN=P)n1. The van der Waals surface area contributed by atoms with Gasteiger partial charge >= 0.3 is 0 Å². The van der Waals surface area contributed by atoms with Gasteiger partial charge in [-0.1, -0.05) is 0 Å². The molecule has 0 unspecified atom stereocenters. The van der Waals surface area contributed by atoms with E-state index in [9.17, 15) is 0 Å². The van der Waals surface area contributed by atoms with Crippen LogP contribution in [0.5, 0.6) is 0 Å². The molecule has 6 heteroatoms. The molecule has 0 aliphatic carbocycles. The normalized spacial score (nSPS) is 16.2. The van der Waals surface area contributed by atoms with E-state index in [4.69, 9.17) is 4.74 Å². The third-order valence-corrected chi connectivity index (χ3v) is 2.60. The van der Waals surface area contributed by atoms with Crippen LogP contribution in [0.2, 0.25) is 0 Å². The molecule has 5 nitrogen and oxygen atoms in total. The molecule has 1 aromatic heterocycles. The van der Waals surface area contributed by atoms with Gasteiger partial charge in [0, 0.05) is 24.8 Å². The van der Waals surface area contributed by atoms with E-state index in [0.29, 0.717) is 6.54 Å². The minimum absolute atomic E-state index is 0.496. The number of hydrogen-bond donors (Lipinski definition) is 0. The average molecular weight is 238 g/mol. The molecule has 0 spiro atoms. The highest BCUT2D eigenvalue weighted by molar-refractivity contribution is 7.03. The Hall–Kier alpha value is -1.06. The molecule has 1 aliphatic rings. The third-order valence-electron chi connectivity index (χ3n) is 2.44. The summed E-state index contributed by atoms with van der Waals surface area (Å²) >= 11 is 0. The van der Waals surface area contributed by atoms with Crippen LogP contribution in [0.25, 0.3) is 0 Å². The van der Waals surface area contributed by atoms with E-state index < -0.39 is 0 Å². The Labute approximate surface area is 97.2 Å². The van der Waals surface area contributed by atoms with Crippen molar-refractivity contribution in [3.63, 3.8) is 0 Å². The second kappa shape index (κ2) is 5.32. The van der Waals surface area contributed by atoms with Gasteiger partial charge in [0.2, 0.25) is 0 Å². The van der Waals surface area contributed by atoms with Crippen LogP contribution in [-0.4, -0.2) is 36.3 Å². The molecule has 2 heterocycles. The van der Waals surface area contributed by atoms with Gasteiger partial charge in [0.05, 0.1) is 13.2 Å². The molecule has 1 aromatic rings. The van der Waals surface area contributed by atoms with Crippen LogP contribution in [0.4, 0.5) is 5.82 Å². The van der Waals surface area contributed by atoms with Gasteiger partial charge in [0.1, 0.15) is 12.4 Å². The summed E-state index contributed by atoms with van der Waals surface area (Å²) in [4.78, 5) is 11.0. The summed E-state index contributed by atoms with van der Waals surface area (Å²) in [5.41, 5.74) is 0.974. The summed E-state index contributed by atoms with van der Waals surface area (Å²) in [5, 5.41) is 0. The van der Waals surface area contributed by atoms with Crippen molar-refractivity contribution in [3.05, 3.63) is 17.6 Å². The maximum atomic E-state index is 5.32. The Balaban J connectivity index is 2.21. The van der Waals surface area contributed by atoms with Crippen molar-refractivity contribution in [2.45, 2.75) is 13.5 Å². The zero-order valence-electron chi connectivity index (χ0n) is 9.31. The van der Waals surface area contributed by atoms with Gasteiger partial charge in [0.25, 0.3) is 0 Å². The second-order valence-electron chi connectivity index (χ2n) is 3.70. The Morgan fingerprint density at radius 2 is 2.19 bits per heavy atom. The zero-order valence-corrected chi connectivity index (χ0v) is 10.3. The number of nitrogens with zero attached hydrogens (tertiary/aromatic N) is 4. The smallest absolute Gasteiger partial charge is 0.152 e. The van der Waals surface area contributed by atoms with Crippen molar-refractivity contribution in [1.29, 1.82) is 0 Å². The van der Waals surface area contributed by atoms with Gasteiger partial charge in [-0.25, -0.2) is 9.97 Å². The van der Waals surface area contributed by atoms with E-state index in [1.54, 1.807) is 0 Å². The quantitative estimate of drug-likeness (QED) is 0.748. The number of rotatable bonds is 3. The minimum Gasteiger partial charge on any atom is -0.378 e.